The molecule has 0 N–H and O–H groups in total. The number of fused-ring (bicyclic) bond motifs is 3. The van der Waals surface area contributed by atoms with E-state index in [0.717, 1.165) is 6.42 Å². The van der Waals surface area contributed by atoms with Crippen molar-refractivity contribution in [3.8, 4) is 0 Å². The number of hydrogen-bond donors (Lipinski definition) is 0. The molecule has 0 nitrogen and oxygen atoms in total. The molecule has 0 aliphatic heterocycles. The van der Waals surface area contributed by atoms with Gasteiger partial charge < -0.3 is 39.7 Å². The molecule has 0 bridgehead atoms. The Morgan fingerprint density at radius 2 is 1.25 bits per heavy atom. The van der Waals surface area contributed by atoms with Crippen LogP contribution in [0.2, 0.25) is 0 Å². The topological polar surface area (TPSA) is 0 Å². The zero-order valence-corrected chi connectivity index (χ0v) is 22.3. The third-order valence-corrected chi connectivity index (χ3v) is 4.09. The van der Waals surface area contributed by atoms with Crippen LogP contribution in [0.5, 0.6) is 0 Å². The second-order valence-electron chi connectivity index (χ2n) is 6.78. The van der Waals surface area contributed by atoms with Crippen LogP contribution in [-0.4, -0.2) is 11.0 Å². The van der Waals surface area contributed by atoms with Crippen LogP contribution < -0.4 is 24.8 Å². The van der Waals surface area contributed by atoms with Crippen LogP contribution in [0.25, 0.3) is 21.5 Å². The summed E-state index contributed by atoms with van der Waals surface area (Å²) in [6.07, 6.45) is 8.50. The Hall–Kier alpha value is -0.530. The van der Waals surface area contributed by atoms with Crippen LogP contribution in [0.15, 0.2) is 72.3 Å². The van der Waals surface area contributed by atoms with E-state index in [1.54, 1.807) is 0 Å². The molecule has 1 aliphatic rings. The van der Waals surface area contributed by atoms with Gasteiger partial charge in [0.2, 0.25) is 0 Å². The Bertz CT molecular complexity index is 807. The van der Waals surface area contributed by atoms with Crippen LogP contribution in [0.3, 0.4) is 0 Å². The van der Waals surface area contributed by atoms with E-state index in [1.165, 1.54) is 27.1 Å². The molecule has 3 aromatic rings. The SMILES string of the molecule is CC(C)(C)C1=CC[C-]=C1.[CH3-].[CH3-].[Cl-].[Cl-].[Si].[Zr+2].c1ccc2c(c1)[cH-]c1ccccc12. The summed E-state index contributed by atoms with van der Waals surface area (Å²) >= 11 is 0. The molecule has 0 amide bonds. The second kappa shape index (κ2) is 15.3. The molecular weight excluding hydrogens is 478 g/mol. The maximum absolute atomic E-state index is 3.16. The fraction of sp³-hybridized carbons (Fsp3) is 0.208. The fourth-order valence-electron chi connectivity index (χ4n) is 2.82. The molecular formula is C24H28Cl2SiZr-4. The Kier molecular flexibility index (Phi) is 19.1. The summed E-state index contributed by atoms with van der Waals surface area (Å²) in [6, 6.07) is 19.3. The van der Waals surface area contributed by atoms with Crippen molar-refractivity contribution in [1.82, 2.24) is 0 Å². The third kappa shape index (κ3) is 8.46. The molecule has 0 saturated heterocycles. The predicted molar refractivity (Wildman–Crippen MR) is 116 cm³/mol. The number of rotatable bonds is 0. The molecule has 0 heterocycles. The first-order valence-corrected chi connectivity index (χ1v) is 7.86. The molecule has 0 aromatic heterocycles. The number of hydrogen-bond acceptors (Lipinski definition) is 0. The monoisotopic (exact) mass is 504 g/mol. The molecule has 1 aliphatic carbocycles. The van der Waals surface area contributed by atoms with E-state index in [2.05, 4.69) is 93.6 Å². The van der Waals surface area contributed by atoms with Gasteiger partial charge in [-0.25, -0.2) is 6.08 Å². The molecule has 4 radical (unpaired) electrons. The molecule has 150 valence electrons. The first-order chi connectivity index (χ1) is 10.6. The molecule has 28 heavy (non-hydrogen) atoms. The molecule has 0 atom stereocenters. The van der Waals surface area contributed by atoms with Crippen molar-refractivity contribution >= 4 is 32.5 Å². The largest absolute Gasteiger partial charge is 2.00 e. The molecule has 3 aromatic carbocycles. The zero-order chi connectivity index (χ0) is 15.6. The van der Waals surface area contributed by atoms with E-state index >= 15 is 0 Å². The summed E-state index contributed by atoms with van der Waals surface area (Å²) in [4.78, 5) is 0. The standard InChI is InChI=1S/C13H9.C9H13.2CH3.2ClH.Si.Zr/c1-3-7-12-10(5-1)9-11-6-2-4-8-13(11)12;1-9(2,3)8-6-4-5-7-8;;;;;;/h1-9H;6-7H,4H2,1-3H3;2*1H3;2*1H;;/q4*-1;;;;+2/p-2. The fourth-order valence-corrected chi connectivity index (χ4v) is 2.82. The number of benzene rings is 2. The quantitative estimate of drug-likeness (QED) is 0.315. The van der Waals surface area contributed by atoms with Gasteiger partial charge in [-0.05, 0) is 0 Å². The van der Waals surface area contributed by atoms with Gasteiger partial charge in [0.25, 0.3) is 0 Å². The first kappa shape index (κ1) is 34.9. The van der Waals surface area contributed by atoms with Crippen molar-refractivity contribution in [2.24, 2.45) is 5.41 Å². The first-order valence-electron chi connectivity index (χ1n) is 7.86. The Morgan fingerprint density at radius 1 is 0.821 bits per heavy atom. The molecule has 0 spiro atoms. The summed E-state index contributed by atoms with van der Waals surface area (Å²) in [7, 11) is 0. The molecule has 0 unspecified atom stereocenters. The van der Waals surface area contributed by atoms with Gasteiger partial charge in [0.05, 0.1) is 0 Å². The van der Waals surface area contributed by atoms with Gasteiger partial charge in [0.1, 0.15) is 0 Å². The zero-order valence-electron chi connectivity index (χ0n) is 17.3. The van der Waals surface area contributed by atoms with Gasteiger partial charge in [0.15, 0.2) is 0 Å². The maximum Gasteiger partial charge on any atom is 2.00 e. The average molecular weight is 507 g/mol. The van der Waals surface area contributed by atoms with Gasteiger partial charge in [-0.3, -0.25) is 6.08 Å². The van der Waals surface area contributed by atoms with Gasteiger partial charge in [-0.2, -0.15) is 11.6 Å². The van der Waals surface area contributed by atoms with Crippen molar-refractivity contribution in [3.63, 3.8) is 0 Å². The van der Waals surface area contributed by atoms with E-state index in [1.807, 2.05) is 0 Å². The number of allylic oxidation sites excluding steroid dienone is 4. The Balaban J connectivity index is -0.000000177. The van der Waals surface area contributed by atoms with Crippen molar-refractivity contribution in [2.75, 3.05) is 0 Å². The number of halogens is 2. The van der Waals surface area contributed by atoms with E-state index in [-0.39, 0.29) is 76.8 Å². The van der Waals surface area contributed by atoms with Crippen LogP contribution in [-0.2, 0) is 26.2 Å². The molecule has 0 fully saturated rings. The summed E-state index contributed by atoms with van der Waals surface area (Å²) in [5.41, 5.74) is 1.74. The van der Waals surface area contributed by atoms with Gasteiger partial charge in [-0.15, -0.1) is 46.2 Å². The van der Waals surface area contributed by atoms with Crippen molar-refractivity contribution in [3.05, 3.63) is 93.3 Å². The minimum Gasteiger partial charge on any atom is -1.00 e. The van der Waals surface area contributed by atoms with E-state index in [4.69, 9.17) is 0 Å². The van der Waals surface area contributed by atoms with Gasteiger partial charge in [-0.1, -0.05) is 62.6 Å². The smallest absolute Gasteiger partial charge is 1.00 e. The van der Waals surface area contributed by atoms with Crippen LogP contribution in [0.4, 0.5) is 0 Å². The van der Waals surface area contributed by atoms with E-state index in [9.17, 15) is 0 Å². The van der Waals surface area contributed by atoms with Crippen LogP contribution >= 0.6 is 0 Å². The predicted octanol–water partition coefficient (Wildman–Crippen LogP) is 0.959. The summed E-state index contributed by atoms with van der Waals surface area (Å²) in [6.45, 7) is 6.67. The van der Waals surface area contributed by atoms with Crippen LogP contribution in [0, 0.1) is 26.3 Å². The summed E-state index contributed by atoms with van der Waals surface area (Å²) in [5.74, 6) is 0. The molecule has 4 rings (SSSR count). The minimum absolute atomic E-state index is 0. The average Bonchev–Trinajstić information content (AvgIpc) is 3.15. The van der Waals surface area contributed by atoms with Crippen molar-refractivity contribution in [2.45, 2.75) is 27.2 Å². The Morgan fingerprint density at radius 3 is 1.57 bits per heavy atom. The van der Waals surface area contributed by atoms with E-state index < -0.39 is 0 Å². The second-order valence-corrected chi connectivity index (χ2v) is 6.78. The van der Waals surface area contributed by atoms with Crippen LogP contribution in [0.1, 0.15) is 27.2 Å². The Labute approximate surface area is 208 Å². The van der Waals surface area contributed by atoms with Gasteiger partial charge in [0, 0.05) is 11.0 Å². The summed E-state index contributed by atoms with van der Waals surface area (Å²) < 4.78 is 0. The third-order valence-electron chi connectivity index (χ3n) is 4.09. The normalized spacial score (nSPS) is 11.0. The molecule has 4 heteroatoms. The van der Waals surface area contributed by atoms with E-state index in [0.29, 0.717) is 5.41 Å². The molecule has 0 saturated carbocycles. The van der Waals surface area contributed by atoms with Gasteiger partial charge >= 0.3 is 26.2 Å². The maximum atomic E-state index is 3.16. The van der Waals surface area contributed by atoms with Crippen molar-refractivity contribution in [1.29, 1.82) is 0 Å². The minimum atomic E-state index is 0. The van der Waals surface area contributed by atoms with Crippen molar-refractivity contribution < 1.29 is 51.0 Å². The summed E-state index contributed by atoms with van der Waals surface area (Å²) in [5, 5.41) is 5.39.